The summed E-state index contributed by atoms with van der Waals surface area (Å²) in [5.41, 5.74) is 0. The number of nitrogens with zero attached hydrogens (tertiary/aromatic N) is 2. The third-order valence-electron chi connectivity index (χ3n) is 2.93. The predicted molar refractivity (Wildman–Crippen MR) is 61.3 cm³/mol. The zero-order chi connectivity index (χ0) is 11.9. The van der Waals surface area contributed by atoms with E-state index >= 15 is 0 Å². The van der Waals surface area contributed by atoms with Crippen molar-refractivity contribution in [3.05, 3.63) is 12.2 Å². The standard InChI is InChI=1S/C11H18N4O2/c16-11(9-4-2-1-3-6-12-9)13-7-5-10-14-8-17-15-10/h8-9,12H,1-7H2,(H,13,16). The van der Waals surface area contributed by atoms with Crippen LogP contribution in [0.4, 0.5) is 0 Å². The summed E-state index contributed by atoms with van der Waals surface area (Å²) in [5, 5.41) is 9.85. The van der Waals surface area contributed by atoms with Crippen molar-refractivity contribution in [3.63, 3.8) is 0 Å². The van der Waals surface area contributed by atoms with Gasteiger partial charge < -0.3 is 15.2 Å². The van der Waals surface area contributed by atoms with Gasteiger partial charge in [-0.1, -0.05) is 18.0 Å². The highest BCUT2D eigenvalue weighted by atomic mass is 16.5. The largest absolute Gasteiger partial charge is 0.354 e. The third-order valence-corrected chi connectivity index (χ3v) is 2.93. The molecular formula is C11H18N4O2. The highest BCUT2D eigenvalue weighted by Gasteiger charge is 2.18. The van der Waals surface area contributed by atoms with Gasteiger partial charge in [0.2, 0.25) is 12.3 Å². The average molecular weight is 238 g/mol. The molecule has 17 heavy (non-hydrogen) atoms. The van der Waals surface area contributed by atoms with Crippen molar-refractivity contribution in [1.82, 2.24) is 20.8 Å². The van der Waals surface area contributed by atoms with Gasteiger partial charge in [-0.05, 0) is 19.4 Å². The normalized spacial score (nSPS) is 20.8. The monoisotopic (exact) mass is 238 g/mol. The van der Waals surface area contributed by atoms with E-state index in [9.17, 15) is 4.79 Å². The second-order valence-corrected chi connectivity index (χ2v) is 4.24. The summed E-state index contributed by atoms with van der Waals surface area (Å²) in [6.07, 6.45) is 6.31. The second-order valence-electron chi connectivity index (χ2n) is 4.24. The van der Waals surface area contributed by atoms with E-state index in [0.29, 0.717) is 18.8 Å². The lowest BCUT2D eigenvalue weighted by Crippen LogP contribution is -2.44. The molecule has 2 heterocycles. The molecule has 1 amide bonds. The van der Waals surface area contributed by atoms with Gasteiger partial charge >= 0.3 is 0 Å². The maximum absolute atomic E-state index is 11.8. The van der Waals surface area contributed by atoms with Crippen molar-refractivity contribution in [2.24, 2.45) is 0 Å². The maximum Gasteiger partial charge on any atom is 0.237 e. The summed E-state index contributed by atoms with van der Waals surface area (Å²) in [6.45, 7) is 1.49. The molecule has 1 aromatic rings. The highest BCUT2D eigenvalue weighted by Crippen LogP contribution is 2.08. The van der Waals surface area contributed by atoms with Crippen LogP contribution in [0.3, 0.4) is 0 Å². The molecule has 94 valence electrons. The fourth-order valence-electron chi connectivity index (χ4n) is 1.98. The molecule has 0 aromatic carbocycles. The molecule has 0 saturated carbocycles. The summed E-state index contributed by atoms with van der Waals surface area (Å²) in [4.78, 5) is 15.7. The van der Waals surface area contributed by atoms with Crippen molar-refractivity contribution in [3.8, 4) is 0 Å². The van der Waals surface area contributed by atoms with Crippen LogP contribution in [0.1, 0.15) is 31.5 Å². The number of rotatable bonds is 4. The second kappa shape index (κ2) is 6.34. The lowest BCUT2D eigenvalue weighted by atomic mass is 10.1. The van der Waals surface area contributed by atoms with Gasteiger partial charge in [0, 0.05) is 13.0 Å². The SMILES string of the molecule is O=C(NCCc1ncon1)C1CCCCCN1. The molecule has 1 saturated heterocycles. The average Bonchev–Trinajstić information content (AvgIpc) is 2.69. The van der Waals surface area contributed by atoms with Gasteiger partial charge in [-0.25, -0.2) is 0 Å². The topological polar surface area (TPSA) is 80.1 Å². The molecule has 1 unspecified atom stereocenters. The van der Waals surface area contributed by atoms with Crippen LogP contribution in [0.2, 0.25) is 0 Å². The summed E-state index contributed by atoms with van der Waals surface area (Å²) in [7, 11) is 0. The van der Waals surface area contributed by atoms with E-state index in [4.69, 9.17) is 0 Å². The summed E-state index contributed by atoms with van der Waals surface area (Å²) in [6, 6.07) is -0.0391. The highest BCUT2D eigenvalue weighted by molar-refractivity contribution is 5.81. The Morgan fingerprint density at radius 1 is 1.53 bits per heavy atom. The minimum absolute atomic E-state index is 0.0391. The van der Waals surface area contributed by atoms with Crippen LogP contribution in [0.15, 0.2) is 10.9 Å². The van der Waals surface area contributed by atoms with Crippen molar-refractivity contribution in [1.29, 1.82) is 0 Å². The van der Waals surface area contributed by atoms with Crippen LogP contribution < -0.4 is 10.6 Å². The molecule has 0 bridgehead atoms. The minimum Gasteiger partial charge on any atom is -0.354 e. The molecule has 1 atom stereocenters. The molecule has 2 N–H and O–H groups in total. The summed E-state index contributed by atoms with van der Waals surface area (Å²) >= 11 is 0. The van der Waals surface area contributed by atoms with Gasteiger partial charge in [-0.3, -0.25) is 4.79 Å². The molecule has 6 heteroatoms. The van der Waals surface area contributed by atoms with E-state index in [0.717, 1.165) is 25.8 Å². The van der Waals surface area contributed by atoms with Crippen LogP contribution in [0.5, 0.6) is 0 Å². The van der Waals surface area contributed by atoms with Crippen molar-refractivity contribution < 1.29 is 9.32 Å². The molecule has 1 aliphatic rings. The minimum atomic E-state index is -0.0391. The van der Waals surface area contributed by atoms with Gasteiger partial charge in [-0.2, -0.15) is 4.98 Å². The first kappa shape index (κ1) is 12.0. The number of amides is 1. The molecular weight excluding hydrogens is 220 g/mol. The Morgan fingerprint density at radius 3 is 3.29 bits per heavy atom. The van der Waals surface area contributed by atoms with Crippen molar-refractivity contribution in [2.45, 2.75) is 38.1 Å². The summed E-state index contributed by atoms with van der Waals surface area (Å²) in [5.74, 6) is 0.703. The Balaban J connectivity index is 1.69. The number of hydrogen-bond donors (Lipinski definition) is 2. The van der Waals surface area contributed by atoms with Gasteiger partial charge in [0.15, 0.2) is 5.82 Å². The molecule has 6 nitrogen and oxygen atoms in total. The Bertz CT molecular complexity index is 331. The number of aromatic nitrogens is 2. The van der Waals surface area contributed by atoms with Crippen LogP contribution in [0, 0.1) is 0 Å². The fourth-order valence-corrected chi connectivity index (χ4v) is 1.98. The number of hydrogen-bond acceptors (Lipinski definition) is 5. The van der Waals surface area contributed by atoms with Gasteiger partial charge in [0.25, 0.3) is 0 Å². The number of carbonyl (C=O) groups is 1. The molecule has 0 aliphatic carbocycles. The van der Waals surface area contributed by atoms with E-state index in [-0.39, 0.29) is 11.9 Å². The van der Waals surface area contributed by atoms with E-state index in [1.54, 1.807) is 0 Å². The Kier molecular flexibility index (Phi) is 4.49. The molecule has 1 aromatic heterocycles. The first-order valence-electron chi connectivity index (χ1n) is 6.12. The van der Waals surface area contributed by atoms with Crippen molar-refractivity contribution in [2.75, 3.05) is 13.1 Å². The zero-order valence-corrected chi connectivity index (χ0v) is 9.82. The molecule has 1 fully saturated rings. The lowest BCUT2D eigenvalue weighted by Gasteiger charge is -2.14. The number of nitrogens with one attached hydrogen (secondary N) is 2. The fraction of sp³-hybridized carbons (Fsp3) is 0.727. The van der Waals surface area contributed by atoms with Gasteiger partial charge in [-0.15, -0.1) is 0 Å². The van der Waals surface area contributed by atoms with Gasteiger partial charge in [0.1, 0.15) is 0 Å². The van der Waals surface area contributed by atoms with E-state index in [1.807, 2.05) is 0 Å². The number of carbonyl (C=O) groups excluding carboxylic acids is 1. The van der Waals surface area contributed by atoms with Crippen LogP contribution in [-0.4, -0.2) is 35.2 Å². The first-order chi connectivity index (χ1) is 8.36. The quantitative estimate of drug-likeness (QED) is 0.786. The van der Waals surface area contributed by atoms with Crippen molar-refractivity contribution >= 4 is 5.91 Å². The smallest absolute Gasteiger partial charge is 0.237 e. The zero-order valence-electron chi connectivity index (χ0n) is 9.82. The predicted octanol–water partition coefficient (Wildman–Crippen LogP) is 0.260. The van der Waals surface area contributed by atoms with E-state index < -0.39 is 0 Å². The molecule has 0 spiro atoms. The van der Waals surface area contributed by atoms with Crippen LogP contribution >= 0.6 is 0 Å². The lowest BCUT2D eigenvalue weighted by molar-refractivity contribution is -0.123. The Hall–Kier alpha value is -1.43. The molecule has 1 aliphatic heterocycles. The molecule has 2 rings (SSSR count). The van der Waals surface area contributed by atoms with E-state index in [1.165, 1.54) is 12.8 Å². The van der Waals surface area contributed by atoms with Crippen LogP contribution in [-0.2, 0) is 11.2 Å². The molecule has 0 radical (unpaired) electrons. The first-order valence-corrected chi connectivity index (χ1v) is 6.12. The third kappa shape index (κ3) is 3.81. The maximum atomic E-state index is 11.8. The van der Waals surface area contributed by atoms with Crippen LogP contribution in [0.25, 0.3) is 0 Å². The Morgan fingerprint density at radius 2 is 2.47 bits per heavy atom. The van der Waals surface area contributed by atoms with E-state index in [2.05, 4.69) is 25.3 Å². The Labute approximate surface area is 100 Å². The van der Waals surface area contributed by atoms with Gasteiger partial charge in [0.05, 0.1) is 6.04 Å². The summed E-state index contributed by atoms with van der Waals surface area (Å²) < 4.78 is 4.62.